The Balaban J connectivity index is 1.73. The molecule has 0 amide bonds. The summed E-state index contributed by atoms with van der Waals surface area (Å²) in [4.78, 5) is 19.5. The number of nitrogens with zero attached hydrogens (tertiary/aromatic N) is 2. The molecule has 0 saturated carbocycles. The largest absolute Gasteiger partial charge is 0.497 e. The van der Waals surface area contributed by atoms with Gasteiger partial charge in [-0.2, -0.15) is 0 Å². The highest BCUT2D eigenvalue weighted by Crippen LogP contribution is 2.42. The number of benzene rings is 2. The number of nitrogens with one attached hydrogen (secondary N) is 1. The van der Waals surface area contributed by atoms with E-state index >= 15 is 0 Å². The smallest absolute Gasteiger partial charge is 0.305 e. The number of furan rings is 1. The molecule has 0 aliphatic rings. The molecule has 0 saturated heterocycles. The molecular weight excluding hydrogens is 422 g/mol. The van der Waals surface area contributed by atoms with Gasteiger partial charge in [-0.05, 0) is 24.6 Å². The second kappa shape index (κ2) is 10.1. The summed E-state index contributed by atoms with van der Waals surface area (Å²) >= 11 is 0. The van der Waals surface area contributed by atoms with Crippen molar-refractivity contribution in [2.75, 3.05) is 25.6 Å². The fourth-order valence-electron chi connectivity index (χ4n) is 3.54. The summed E-state index contributed by atoms with van der Waals surface area (Å²) in [5.74, 6) is 1.19. The lowest BCUT2D eigenvalue weighted by molar-refractivity contribution is -0.138. The monoisotopic (exact) mass is 447 g/mol. The van der Waals surface area contributed by atoms with Crippen molar-refractivity contribution in [1.82, 2.24) is 9.97 Å². The molecule has 4 rings (SSSR count). The van der Waals surface area contributed by atoms with Crippen LogP contribution >= 0.6 is 0 Å². The predicted molar refractivity (Wildman–Crippen MR) is 125 cm³/mol. The average Bonchev–Trinajstić information content (AvgIpc) is 3.23. The third-order valence-corrected chi connectivity index (χ3v) is 5.18. The number of aliphatic carboxylic acids is 1. The summed E-state index contributed by atoms with van der Waals surface area (Å²) in [6.07, 6.45) is 1.21. The third kappa shape index (κ3) is 5.12. The zero-order chi connectivity index (χ0) is 23.2. The summed E-state index contributed by atoms with van der Waals surface area (Å²) < 4.78 is 17.1. The van der Waals surface area contributed by atoms with Crippen LogP contribution in [0.2, 0.25) is 0 Å². The molecule has 170 valence electrons. The Bertz CT molecular complexity index is 1220. The summed E-state index contributed by atoms with van der Waals surface area (Å²) in [6.45, 7) is 2.47. The minimum atomic E-state index is -0.886. The van der Waals surface area contributed by atoms with Crippen LogP contribution in [0.25, 0.3) is 33.6 Å². The number of carboxylic acid groups (broad SMARTS) is 1. The van der Waals surface area contributed by atoms with Gasteiger partial charge in [-0.3, -0.25) is 4.79 Å². The zero-order valence-corrected chi connectivity index (χ0v) is 18.4. The van der Waals surface area contributed by atoms with Gasteiger partial charge < -0.3 is 24.3 Å². The van der Waals surface area contributed by atoms with E-state index in [9.17, 15) is 4.79 Å². The van der Waals surface area contributed by atoms with E-state index in [0.717, 1.165) is 27.8 Å². The van der Waals surface area contributed by atoms with Gasteiger partial charge in [0, 0.05) is 17.7 Å². The zero-order valence-electron chi connectivity index (χ0n) is 18.4. The first-order chi connectivity index (χ1) is 16.1. The Morgan fingerprint density at radius 1 is 1.09 bits per heavy atom. The quantitative estimate of drug-likeness (QED) is 0.355. The molecule has 8 heteroatoms. The molecule has 0 fully saturated rings. The second-order valence-electron chi connectivity index (χ2n) is 7.51. The Morgan fingerprint density at radius 3 is 2.55 bits per heavy atom. The van der Waals surface area contributed by atoms with Crippen molar-refractivity contribution in [3.63, 3.8) is 0 Å². The van der Waals surface area contributed by atoms with E-state index in [-0.39, 0.29) is 19.1 Å². The Morgan fingerprint density at radius 2 is 1.85 bits per heavy atom. The van der Waals surface area contributed by atoms with Crippen molar-refractivity contribution in [2.24, 2.45) is 0 Å². The van der Waals surface area contributed by atoms with Crippen LogP contribution in [0.15, 0.2) is 65.3 Å². The van der Waals surface area contributed by atoms with E-state index in [1.807, 2.05) is 61.5 Å². The number of aromatic nitrogens is 2. The van der Waals surface area contributed by atoms with Crippen LogP contribution in [0, 0.1) is 0 Å². The summed E-state index contributed by atoms with van der Waals surface area (Å²) in [5.41, 5.74) is 3.22. The van der Waals surface area contributed by atoms with Crippen molar-refractivity contribution in [1.29, 1.82) is 0 Å². The maximum Gasteiger partial charge on any atom is 0.305 e. The van der Waals surface area contributed by atoms with Crippen LogP contribution in [0.5, 0.6) is 5.75 Å². The molecule has 1 unspecified atom stereocenters. The molecule has 2 aromatic carbocycles. The molecule has 1 atom stereocenters. The van der Waals surface area contributed by atoms with Crippen molar-refractivity contribution in [2.45, 2.75) is 19.4 Å². The molecule has 0 bridgehead atoms. The van der Waals surface area contributed by atoms with Crippen LogP contribution in [-0.4, -0.2) is 47.4 Å². The van der Waals surface area contributed by atoms with Crippen molar-refractivity contribution in [3.05, 3.63) is 60.9 Å². The molecule has 33 heavy (non-hydrogen) atoms. The van der Waals surface area contributed by atoms with Crippen LogP contribution in [0.4, 0.5) is 5.82 Å². The lowest BCUT2D eigenvalue weighted by Gasteiger charge is -2.14. The number of rotatable bonds is 10. The minimum absolute atomic E-state index is 0.0358. The average molecular weight is 447 g/mol. The van der Waals surface area contributed by atoms with Gasteiger partial charge in [-0.1, -0.05) is 42.5 Å². The first-order valence-corrected chi connectivity index (χ1v) is 10.6. The van der Waals surface area contributed by atoms with E-state index in [2.05, 4.69) is 15.3 Å². The molecule has 0 aliphatic carbocycles. The van der Waals surface area contributed by atoms with Gasteiger partial charge in [-0.15, -0.1) is 0 Å². The van der Waals surface area contributed by atoms with E-state index in [1.54, 1.807) is 7.11 Å². The lowest BCUT2D eigenvalue weighted by Crippen LogP contribution is -2.21. The maximum atomic E-state index is 10.7. The molecule has 2 N–H and O–H groups in total. The van der Waals surface area contributed by atoms with Gasteiger partial charge in [0.1, 0.15) is 23.7 Å². The van der Waals surface area contributed by atoms with Crippen molar-refractivity contribution >= 4 is 22.9 Å². The van der Waals surface area contributed by atoms with E-state index < -0.39 is 5.97 Å². The summed E-state index contributed by atoms with van der Waals surface area (Å²) in [7, 11) is 1.63. The molecular formula is C25H25N3O5. The number of anilines is 1. The Kier molecular flexibility index (Phi) is 6.85. The van der Waals surface area contributed by atoms with Gasteiger partial charge in [0.15, 0.2) is 0 Å². The van der Waals surface area contributed by atoms with Crippen molar-refractivity contribution in [3.8, 4) is 28.2 Å². The van der Waals surface area contributed by atoms with Gasteiger partial charge in [-0.25, -0.2) is 9.97 Å². The van der Waals surface area contributed by atoms with Gasteiger partial charge >= 0.3 is 5.97 Å². The highest BCUT2D eigenvalue weighted by molar-refractivity contribution is 6.05. The molecule has 8 nitrogen and oxygen atoms in total. The SMILES string of the molecule is COc1ccc(-c2c(-c3ccccc3)oc3ncnc(NCC(C)OCCC(=O)O)c23)cc1. The number of hydrogen-bond acceptors (Lipinski definition) is 7. The molecule has 0 spiro atoms. The topological polar surface area (TPSA) is 107 Å². The van der Waals surface area contributed by atoms with E-state index in [4.69, 9.17) is 19.0 Å². The highest BCUT2D eigenvalue weighted by Gasteiger charge is 2.22. The highest BCUT2D eigenvalue weighted by atomic mass is 16.5. The number of carbonyl (C=O) groups is 1. The maximum absolute atomic E-state index is 10.7. The first kappa shape index (κ1) is 22.3. The van der Waals surface area contributed by atoms with Gasteiger partial charge in [0.05, 0.1) is 31.6 Å². The molecule has 0 aliphatic heterocycles. The summed E-state index contributed by atoms with van der Waals surface area (Å²) in [5, 5.41) is 12.9. The molecule has 2 aromatic heterocycles. The van der Waals surface area contributed by atoms with Crippen LogP contribution in [-0.2, 0) is 9.53 Å². The van der Waals surface area contributed by atoms with Gasteiger partial charge in [0.2, 0.25) is 5.71 Å². The summed E-state index contributed by atoms with van der Waals surface area (Å²) in [6, 6.07) is 17.6. The number of hydrogen-bond donors (Lipinski definition) is 2. The van der Waals surface area contributed by atoms with E-state index in [1.165, 1.54) is 6.33 Å². The second-order valence-corrected chi connectivity index (χ2v) is 7.51. The van der Waals surface area contributed by atoms with Crippen LogP contribution < -0.4 is 10.1 Å². The number of methoxy groups -OCH3 is 1. The number of carboxylic acids is 1. The normalized spacial score (nSPS) is 11.9. The van der Waals surface area contributed by atoms with Crippen LogP contribution in [0.3, 0.4) is 0 Å². The fraction of sp³-hybridized carbons (Fsp3) is 0.240. The van der Waals surface area contributed by atoms with Crippen LogP contribution in [0.1, 0.15) is 13.3 Å². The first-order valence-electron chi connectivity index (χ1n) is 10.6. The van der Waals surface area contributed by atoms with E-state index in [0.29, 0.717) is 23.8 Å². The molecule has 0 radical (unpaired) electrons. The Hall–Kier alpha value is -3.91. The predicted octanol–water partition coefficient (Wildman–Crippen LogP) is 4.86. The Labute approximate surface area is 191 Å². The molecule has 2 heterocycles. The number of fused-ring (bicyclic) bond motifs is 1. The fourth-order valence-corrected chi connectivity index (χ4v) is 3.54. The standard InChI is InChI=1S/C25H25N3O5/c1-16(32-13-12-20(29)30)14-26-24-22-21(17-8-10-19(31-2)11-9-17)23(18-6-4-3-5-7-18)33-25(22)28-15-27-24/h3-11,15-16H,12-14H2,1-2H3,(H,29,30)(H,26,27,28). The molecule has 4 aromatic rings. The third-order valence-electron chi connectivity index (χ3n) is 5.18. The number of ether oxygens (including phenoxy) is 2. The lowest BCUT2D eigenvalue weighted by atomic mass is 9.99. The van der Waals surface area contributed by atoms with Gasteiger partial charge in [0.25, 0.3) is 0 Å². The minimum Gasteiger partial charge on any atom is -0.497 e. The van der Waals surface area contributed by atoms with Crippen molar-refractivity contribution < 1.29 is 23.8 Å².